The number of hydrogen-bond donors (Lipinski definition) is 2. The topological polar surface area (TPSA) is 111 Å². The zero-order chi connectivity index (χ0) is 17.7. The number of nitrogens with one attached hydrogen (secondary N) is 2. The van der Waals surface area contributed by atoms with Gasteiger partial charge in [0.05, 0.1) is 24.5 Å². The number of alkyl carbamates (subject to hydrolysis) is 1. The van der Waals surface area contributed by atoms with Crippen molar-refractivity contribution in [2.75, 3.05) is 12.4 Å². The van der Waals surface area contributed by atoms with Crippen LogP contribution in [0.4, 0.5) is 10.5 Å². The first-order valence-electron chi connectivity index (χ1n) is 7.05. The summed E-state index contributed by atoms with van der Waals surface area (Å²) in [6.07, 6.45) is -2.32. The van der Waals surface area contributed by atoms with E-state index in [0.717, 1.165) is 12.0 Å². The molecular formula is C15H16N2O6S. The number of carbonyl (C=O) groups is 4. The number of hydrogen-bond acceptors (Lipinski definition) is 7. The average molecular weight is 352 g/mol. The van der Waals surface area contributed by atoms with Crippen LogP contribution in [0, 0.1) is 0 Å². The molecular weight excluding hydrogens is 336 g/mol. The summed E-state index contributed by atoms with van der Waals surface area (Å²) in [6, 6.07) is 7.24. The molecule has 1 aliphatic rings. The molecule has 3 amide bonds. The molecule has 0 radical (unpaired) electrons. The molecule has 0 aliphatic carbocycles. The van der Waals surface area contributed by atoms with Gasteiger partial charge in [0, 0.05) is 4.90 Å². The van der Waals surface area contributed by atoms with Gasteiger partial charge in [-0.25, -0.2) is 4.79 Å². The minimum absolute atomic E-state index is 0.194. The van der Waals surface area contributed by atoms with E-state index in [1.54, 1.807) is 12.1 Å². The Bertz CT molecular complexity index is 678. The molecule has 0 fully saturated rings. The van der Waals surface area contributed by atoms with Crippen molar-refractivity contribution < 1.29 is 28.7 Å². The van der Waals surface area contributed by atoms with Crippen LogP contribution < -0.4 is 10.6 Å². The predicted octanol–water partition coefficient (Wildman–Crippen LogP) is 1.30. The molecule has 8 nitrogen and oxygen atoms in total. The van der Waals surface area contributed by atoms with Gasteiger partial charge in [-0.2, -0.15) is 0 Å². The number of anilines is 1. The van der Waals surface area contributed by atoms with Crippen molar-refractivity contribution in [1.29, 1.82) is 0 Å². The SMILES string of the molecule is COC(=O)NC(=O)[C@@H](C)OC(=O)C[C@@H]1Sc2ccccc2NC1=O. The molecule has 0 saturated carbocycles. The van der Waals surface area contributed by atoms with Crippen molar-refractivity contribution in [3.8, 4) is 0 Å². The molecule has 0 spiro atoms. The Hall–Kier alpha value is -2.55. The van der Waals surface area contributed by atoms with Crippen molar-refractivity contribution >= 4 is 41.3 Å². The number of para-hydroxylation sites is 1. The van der Waals surface area contributed by atoms with Crippen molar-refractivity contribution in [2.45, 2.75) is 29.6 Å². The molecule has 1 heterocycles. The molecule has 1 aromatic rings. The molecule has 2 rings (SSSR count). The third-order valence-corrected chi connectivity index (χ3v) is 4.42. The van der Waals surface area contributed by atoms with E-state index < -0.39 is 29.3 Å². The second-order valence-electron chi connectivity index (χ2n) is 4.91. The maximum atomic E-state index is 12.0. The number of imide groups is 1. The molecule has 9 heteroatoms. The normalized spacial score (nSPS) is 17.1. The van der Waals surface area contributed by atoms with Gasteiger partial charge in [0.2, 0.25) is 5.91 Å². The highest BCUT2D eigenvalue weighted by atomic mass is 32.2. The smallest absolute Gasteiger partial charge is 0.413 e. The van der Waals surface area contributed by atoms with Gasteiger partial charge in [-0.1, -0.05) is 12.1 Å². The highest BCUT2D eigenvalue weighted by Crippen LogP contribution is 2.36. The van der Waals surface area contributed by atoms with E-state index in [0.29, 0.717) is 5.69 Å². The lowest BCUT2D eigenvalue weighted by Gasteiger charge is -2.23. The van der Waals surface area contributed by atoms with Crippen LogP contribution in [0.3, 0.4) is 0 Å². The Kier molecular flexibility index (Phi) is 5.80. The highest BCUT2D eigenvalue weighted by molar-refractivity contribution is 8.01. The Morgan fingerprint density at radius 2 is 2.04 bits per heavy atom. The zero-order valence-electron chi connectivity index (χ0n) is 13.0. The van der Waals surface area contributed by atoms with Crippen LogP contribution in [0.15, 0.2) is 29.2 Å². The number of amides is 3. The number of ether oxygens (including phenoxy) is 2. The standard InChI is InChI=1S/C15H16N2O6S/c1-8(13(19)17-15(21)22-2)23-12(18)7-11-14(20)16-9-5-3-4-6-10(9)24-11/h3-6,8,11H,7H2,1-2H3,(H,16,20)(H,17,19,21)/t8-,11+/m1/s1. The van der Waals surface area contributed by atoms with Gasteiger partial charge in [0.15, 0.2) is 6.10 Å². The van der Waals surface area contributed by atoms with E-state index in [4.69, 9.17) is 4.74 Å². The van der Waals surface area contributed by atoms with E-state index >= 15 is 0 Å². The van der Waals surface area contributed by atoms with Crippen molar-refractivity contribution in [1.82, 2.24) is 5.32 Å². The van der Waals surface area contributed by atoms with Gasteiger partial charge in [-0.3, -0.25) is 19.7 Å². The van der Waals surface area contributed by atoms with Gasteiger partial charge < -0.3 is 14.8 Å². The van der Waals surface area contributed by atoms with Crippen LogP contribution in [0.5, 0.6) is 0 Å². The maximum absolute atomic E-state index is 12.0. The van der Waals surface area contributed by atoms with Gasteiger partial charge >= 0.3 is 12.1 Å². The van der Waals surface area contributed by atoms with Gasteiger partial charge in [-0.05, 0) is 19.1 Å². The molecule has 0 unspecified atom stereocenters. The van der Waals surface area contributed by atoms with E-state index in [1.807, 2.05) is 17.4 Å². The first-order chi connectivity index (χ1) is 11.4. The van der Waals surface area contributed by atoms with Crippen LogP contribution in [0.25, 0.3) is 0 Å². The summed E-state index contributed by atoms with van der Waals surface area (Å²) in [5, 5.41) is 3.97. The van der Waals surface area contributed by atoms with E-state index in [-0.39, 0.29) is 12.3 Å². The number of carbonyl (C=O) groups excluding carboxylic acids is 4. The molecule has 0 bridgehead atoms. The molecule has 0 aromatic heterocycles. The fraction of sp³-hybridized carbons (Fsp3) is 0.333. The first-order valence-corrected chi connectivity index (χ1v) is 7.93. The molecule has 1 aromatic carbocycles. The maximum Gasteiger partial charge on any atom is 0.413 e. The Balaban J connectivity index is 1.89. The minimum Gasteiger partial charge on any atom is -0.453 e. The van der Waals surface area contributed by atoms with Crippen molar-refractivity contribution in [3.05, 3.63) is 24.3 Å². The zero-order valence-corrected chi connectivity index (χ0v) is 13.8. The van der Waals surface area contributed by atoms with Crippen LogP contribution in [-0.2, 0) is 23.9 Å². The number of thioether (sulfide) groups is 1. The molecule has 128 valence electrons. The minimum atomic E-state index is -1.18. The molecule has 2 N–H and O–H groups in total. The van der Waals surface area contributed by atoms with Crippen LogP contribution in [-0.4, -0.2) is 42.3 Å². The highest BCUT2D eigenvalue weighted by Gasteiger charge is 2.30. The molecule has 24 heavy (non-hydrogen) atoms. The summed E-state index contributed by atoms with van der Waals surface area (Å²) in [5.41, 5.74) is 0.697. The number of esters is 1. The van der Waals surface area contributed by atoms with E-state index in [1.165, 1.54) is 18.7 Å². The van der Waals surface area contributed by atoms with Crippen molar-refractivity contribution in [2.24, 2.45) is 0 Å². The monoisotopic (exact) mass is 352 g/mol. The number of fused-ring (bicyclic) bond motifs is 1. The number of methoxy groups -OCH3 is 1. The number of benzene rings is 1. The fourth-order valence-corrected chi connectivity index (χ4v) is 3.03. The lowest BCUT2D eigenvalue weighted by molar-refractivity contribution is -0.154. The first kappa shape index (κ1) is 17.8. The molecule has 2 atom stereocenters. The lowest BCUT2D eigenvalue weighted by atomic mass is 10.2. The van der Waals surface area contributed by atoms with Gasteiger partial charge in [0.25, 0.3) is 5.91 Å². The van der Waals surface area contributed by atoms with Crippen LogP contribution >= 0.6 is 11.8 Å². The second kappa shape index (κ2) is 7.82. The van der Waals surface area contributed by atoms with Crippen LogP contribution in [0.1, 0.15) is 13.3 Å². The van der Waals surface area contributed by atoms with Crippen molar-refractivity contribution in [3.63, 3.8) is 0 Å². The molecule has 0 saturated heterocycles. The summed E-state index contributed by atoms with van der Waals surface area (Å²) in [7, 11) is 1.11. The Morgan fingerprint density at radius 3 is 2.75 bits per heavy atom. The lowest BCUT2D eigenvalue weighted by Crippen LogP contribution is -2.40. The summed E-state index contributed by atoms with van der Waals surface area (Å²) >= 11 is 1.26. The summed E-state index contributed by atoms with van der Waals surface area (Å²) in [4.78, 5) is 47.3. The summed E-state index contributed by atoms with van der Waals surface area (Å²) < 4.78 is 9.22. The average Bonchev–Trinajstić information content (AvgIpc) is 2.55. The van der Waals surface area contributed by atoms with Gasteiger partial charge in [-0.15, -0.1) is 11.8 Å². The summed E-state index contributed by atoms with van der Waals surface area (Å²) in [6.45, 7) is 1.32. The fourth-order valence-electron chi connectivity index (χ4n) is 1.93. The Morgan fingerprint density at radius 1 is 1.33 bits per heavy atom. The quantitative estimate of drug-likeness (QED) is 0.786. The van der Waals surface area contributed by atoms with Gasteiger partial charge in [0.1, 0.15) is 0 Å². The largest absolute Gasteiger partial charge is 0.453 e. The summed E-state index contributed by atoms with van der Waals surface area (Å²) in [5.74, 6) is -1.82. The number of rotatable bonds is 4. The predicted molar refractivity (Wildman–Crippen MR) is 85.4 cm³/mol. The second-order valence-corrected chi connectivity index (χ2v) is 6.15. The molecule has 1 aliphatic heterocycles. The Labute approximate surface area is 142 Å². The van der Waals surface area contributed by atoms with Crippen LogP contribution in [0.2, 0.25) is 0 Å². The van der Waals surface area contributed by atoms with E-state index in [9.17, 15) is 19.2 Å². The van der Waals surface area contributed by atoms with E-state index in [2.05, 4.69) is 10.1 Å². The third kappa shape index (κ3) is 4.48. The third-order valence-electron chi connectivity index (χ3n) is 3.15.